The van der Waals surface area contributed by atoms with Gasteiger partial charge in [-0.2, -0.15) is 0 Å². The van der Waals surface area contributed by atoms with Crippen LogP contribution in [0.4, 0.5) is 0 Å². The van der Waals surface area contributed by atoms with E-state index in [0.717, 1.165) is 64.2 Å². The molecule has 354 valence electrons. The Hall–Kier alpha value is -1.85. The summed E-state index contributed by atoms with van der Waals surface area (Å²) in [5.41, 5.74) is 0. The second-order valence-electron chi connectivity index (χ2n) is 18.2. The third kappa shape index (κ3) is 47.2. The van der Waals surface area contributed by atoms with Crippen LogP contribution in [-0.4, -0.2) is 37.2 Å². The van der Waals surface area contributed by atoms with Crippen molar-refractivity contribution in [2.75, 3.05) is 13.2 Å². The largest absolute Gasteiger partial charge is 0.462 e. The highest BCUT2D eigenvalue weighted by molar-refractivity contribution is 5.71. The second-order valence-corrected chi connectivity index (χ2v) is 18.2. The molecule has 60 heavy (non-hydrogen) atoms. The average molecular weight is 847 g/mol. The van der Waals surface area contributed by atoms with Gasteiger partial charge in [0.05, 0.1) is 0 Å². The van der Waals surface area contributed by atoms with Crippen molar-refractivity contribution < 1.29 is 28.6 Å². The summed E-state index contributed by atoms with van der Waals surface area (Å²) in [5, 5.41) is 0. The van der Waals surface area contributed by atoms with Crippen LogP contribution in [0.3, 0.4) is 0 Å². The Morgan fingerprint density at radius 1 is 0.317 bits per heavy atom. The van der Waals surface area contributed by atoms with Crippen LogP contribution in [0, 0.1) is 0 Å². The van der Waals surface area contributed by atoms with Gasteiger partial charge in [0, 0.05) is 19.3 Å². The molecule has 6 heteroatoms. The number of carbonyl (C=O) groups is 3. The third-order valence-electron chi connectivity index (χ3n) is 12.0. The first-order valence-corrected chi connectivity index (χ1v) is 26.7. The molecular weight excluding hydrogens is 745 g/mol. The number of esters is 3. The van der Waals surface area contributed by atoms with Gasteiger partial charge in [-0.15, -0.1) is 0 Å². The third-order valence-corrected chi connectivity index (χ3v) is 12.0. The normalized spacial score (nSPS) is 12.0. The molecule has 0 saturated heterocycles. The van der Waals surface area contributed by atoms with E-state index in [9.17, 15) is 14.4 Å². The molecule has 0 rings (SSSR count). The maximum absolute atomic E-state index is 12.8. The maximum Gasteiger partial charge on any atom is 0.306 e. The Kier molecular flexibility index (Phi) is 48.3. The summed E-state index contributed by atoms with van der Waals surface area (Å²) in [5.74, 6) is -0.860. The monoisotopic (exact) mass is 847 g/mol. The van der Waals surface area contributed by atoms with Crippen molar-refractivity contribution >= 4 is 17.9 Å². The predicted molar refractivity (Wildman–Crippen MR) is 256 cm³/mol. The molecule has 0 fully saturated rings. The highest BCUT2D eigenvalue weighted by Crippen LogP contribution is 2.16. The Balaban J connectivity index is 4.29. The first-order valence-electron chi connectivity index (χ1n) is 26.7. The molecule has 0 aromatic heterocycles. The number of ether oxygens (including phenoxy) is 3. The van der Waals surface area contributed by atoms with Crippen molar-refractivity contribution in [2.24, 2.45) is 0 Å². The van der Waals surface area contributed by atoms with E-state index in [4.69, 9.17) is 14.2 Å². The number of rotatable bonds is 49. The van der Waals surface area contributed by atoms with Crippen LogP contribution in [0.25, 0.3) is 0 Å². The number of hydrogen-bond acceptors (Lipinski definition) is 6. The molecule has 0 heterocycles. The highest BCUT2D eigenvalue weighted by Gasteiger charge is 2.19. The predicted octanol–water partition coefficient (Wildman–Crippen LogP) is 17.4. The van der Waals surface area contributed by atoms with Crippen LogP contribution in [0.2, 0.25) is 0 Å². The molecule has 0 radical (unpaired) electrons. The van der Waals surface area contributed by atoms with E-state index in [2.05, 4.69) is 32.9 Å². The van der Waals surface area contributed by atoms with Crippen LogP contribution in [0.1, 0.15) is 297 Å². The molecule has 0 aromatic rings. The van der Waals surface area contributed by atoms with Crippen LogP contribution >= 0.6 is 0 Å². The lowest BCUT2D eigenvalue weighted by atomic mass is 10.0. The lowest BCUT2D eigenvalue weighted by molar-refractivity contribution is -0.167. The highest BCUT2D eigenvalue weighted by atomic mass is 16.6. The van der Waals surface area contributed by atoms with Crippen molar-refractivity contribution in [3.63, 3.8) is 0 Å². The van der Waals surface area contributed by atoms with Gasteiger partial charge in [-0.25, -0.2) is 0 Å². The molecule has 0 N–H and O–H groups in total. The van der Waals surface area contributed by atoms with Crippen molar-refractivity contribution in [1.82, 2.24) is 0 Å². The van der Waals surface area contributed by atoms with E-state index in [1.54, 1.807) is 0 Å². The number of allylic oxidation sites excluding steroid dienone is 2. The SMILES string of the molecule is CCCCCCCC/C=C\CCCCCCCC(=O)O[C@H](COC(=O)CCCCCCCCCCCC)COC(=O)CCCCCCCCCCCCCCCCCCC. The Labute approximate surface area is 373 Å². The molecule has 0 saturated carbocycles. The smallest absolute Gasteiger partial charge is 0.306 e. The molecule has 0 aromatic carbocycles. The zero-order valence-electron chi connectivity index (χ0n) is 40.5. The quantitative estimate of drug-likeness (QED) is 0.0263. The van der Waals surface area contributed by atoms with Gasteiger partial charge < -0.3 is 14.2 Å². The van der Waals surface area contributed by atoms with Gasteiger partial charge >= 0.3 is 17.9 Å². The van der Waals surface area contributed by atoms with Gasteiger partial charge in [0.15, 0.2) is 6.10 Å². The Morgan fingerprint density at radius 3 is 0.833 bits per heavy atom. The van der Waals surface area contributed by atoms with Crippen molar-refractivity contribution in [2.45, 2.75) is 303 Å². The fourth-order valence-corrected chi connectivity index (χ4v) is 7.97. The van der Waals surface area contributed by atoms with Crippen LogP contribution < -0.4 is 0 Å². The average Bonchev–Trinajstić information content (AvgIpc) is 3.24. The summed E-state index contributed by atoms with van der Waals surface area (Å²) in [4.78, 5) is 37.9. The number of unbranched alkanes of at least 4 members (excludes halogenated alkanes) is 36. The topological polar surface area (TPSA) is 78.9 Å². The Bertz CT molecular complexity index is 931. The molecule has 0 aliphatic carbocycles. The van der Waals surface area contributed by atoms with Crippen molar-refractivity contribution in [3.8, 4) is 0 Å². The maximum atomic E-state index is 12.8. The second kappa shape index (κ2) is 49.8. The molecule has 0 amide bonds. The van der Waals surface area contributed by atoms with Gasteiger partial charge in [0.1, 0.15) is 13.2 Å². The van der Waals surface area contributed by atoms with Gasteiger partial charge in [-0.1, -0.05) is 245 Å². The van der Waals surface area contributed by atoms with E-state index in [0.29, 0.717) is 19.3 Å². The number of carbonyl (C=O) groups excluding carboxylic acids is 3. The fourth-order valence-electron chi connectivity index (χ4n) is 7.97. The standard InChI is InChI=1S/C54H102O6/c1-4-7-10-13-16-19-22-24-26-27-29-30-32-35-38-41-44-47-53(56)59-50-51(49-58-52(55)46-43-40-37-34-21-18-15-12-9-6-3)60-54(57)48-45-42-39-36-33-31-28-25-23-20-17-14-11-8-5-2/h25,28,51H,4-24,26-27,29-50H2,1-3H3/b28-25-/t51-/m1/s1. The van der Waals surface area contributed by atoms with E-state index in [-0.39, 0.29) is 31.1 Å². The van der Waals surface area contributed by atoms with E-state index in [1.807, 2.05) is 0 Å². The molecule has 0 unspecified atom stereocenters. The lowest BCUT2D eigenvalue weighted by Crippen LogP contribution is -2.30. The molecule has 6 nitrogen and oxygen atoms in total. The minimum atomic E-state index is -0.767. The van der Waals surface area contributed by atoms with Gasteiger partial charge in [-0.05, 0) is 44.9 Å². The molecular formula is C54H102O6. The summed E-state index contributed by atoms with van der Waals surface area (Å²) in [6.45, 7) is 6.65. The first kappa shape index (κ1) is 58.1. The van der Waals surface area contributed by atoms with Gasteiger partial charge in [0.25, 0.3) is 0 Å². The molecule has 0 aliphatic rings. The zero-order valence-corrected chi connectivity index (χ0v) is 40.5. The van der Waals surface area contributed by atoms with Gasteiger partial charge in [-0.3, -0.25) is 14.4 Å². The van der Waals surface area contributed by atoms with Gasteiger partial charge in [0.2, 0.25) is 0 Å². The Morgan fingerprint density at radius 2 is 0.550 bits per heavy atom. The minimum absolute atomic E-state index is 0.0680. The fraction of sp³-hybridized carbons (Fsp3) is 0.907. The summed E-state index contributed by atoms with van der Waals surface area (Å²) >= 11 is 0. The van der Waals surface area contributed by atoms with E-state index < -0.39 is 6.10 Å². The van der Waals surface area contributed by atoms with E-state index in [1.165, 1.54) is 193 Å². The molecule has 0 spiro atoms. The van der Waals surface area contributed by atoms with Crippen molar-refractivity contribution in [3.05, 3.63) is 12.2 Å². The molecule has 1 atom stereocenters. The molecule has 0 aliphatic heterocycles. The van der Waals surface area contributed by atoms with Crippen LogP contribution in [0.15, 0.2) is 12.2 Å². The summed E-state index contributed by atoms with van der Waals surface area (Å²) in [7, 11) is 0. The lowest BCUT2D eigenvalue weighted by Gasteiger charge is -2.18. The number of hydrogen-bond donors (Lipinski definition) is 0. The van der Waals surface area contributed by atoms with Crippen LogP contribution in [-0.2, 0) is 28.6 Å². The zero-order chi connectivity index (χ0) is 43.7. The van der Waals surface area contributed by atoms with Crippen LogP contribution in [0.5, 0.6) is 0 Å². The van der Waals surface area contributed by atoms with E-state index >= 15 is 0 Å². The molecule has 0 bridgehead atoms. The summed E-state index contributed by atoms with van der Waals surface area (Å²) in [6, 6.07) is 0. The minimum Gasteiger partial charge on any atom is -0.462 e. The summed E-state index contributed by atoms with van der Waals surface area (Å²) < 4.78 is 16.8. The van der Waals surface area contributed by atoms with Crippen molar-refractivity contribution in [1.29, 1.82) is 0 Å². The first-order chi connectivity index (χ1) is 29.5. The summed E-state index contributed by atoms with van der Waals surface area (Å²) in [6.07, 6.45) is 54.8.